The molecule has 2 bridgehead atoms. The molecule has 2 fully saturated rings. The number of nitrogens with zero attached hydrogens (tertiary/aromatic N) is 5. The molecule has 0 saturated heterocycles. The fourth-order valence-corrected chi connectivity index (χ4v) is 5.86. The average Bonchev–Trinajstić information content (AvgIpc) is 3.39. The second kappa shape index (κ2) is 6.73. The SMILES string of the molecule is Cc1cnn(-c2ccc(-c3nnc(O[C@H]4C[C@]5(C)CC[C@@](C)(C5)[C@@H]4F)s3)c(O)c2)n1. The number of hydrogen-bond donors (Lipinski definition) is 1. The minimum absolute atomic E-state index is 0.0456. The highest BCUT2D eigenvalue weighted by atomic mass is 32.1. The van der Waals surface area contributed by atoms with E-state index < -0.39 is 12.3 Å². The van der Waals surface area contributed by atoms with Gasteiger partial charge in [0.05, 0.1) is 23.1 Å². The summed E-state index contributed by atoms with van der Waals surface area (Å²) in [5, 5.41) is 28.0. The molecule has 0 amide bonds. The van der Waals surface area contributed by atoms with Gasteiger partial charge in [-0.05, 0) is 50.2 Å². The zero-order chi connectivity index (χ0) is 21.1. The lowest BCUT2D eigenvalue weighted by Crippen LogP contribution is -2.46. The number of hydrogen-bond acceptors (Lipinski definition) is 7. The van der Waals surface area contributed by atoms with Crippen LogP contribution in [0, 0.1) is 17.8 Å². The van der Waals surface area contributed by atoms with Gasteiger partial charge in [-0.2, -0.15) is 15.0 Å². The molecule has 1 N–H and O–H groups in total. The van der Waals surface area contributed by atoms with Crippen LogP contribution in [0.15, 0.2) is 24.4 Å². The molecule has 30 heavy (non-hydrogen) atoms. The summed E-state index contributed by atoms with van der Waals surface area (Å²) in [4.78, 5) is 1.45. The maximum Gasteiger partial charge on any atom is 0.294 e. The Balaban J connectivity index is 1.36. The number of aryl methyl sites for hydroxylation is 1. The summed E-state index contributed by atoms with van der Waals surface area (Å²) in [6, 6.07) is 5.12. The van der Waals surface area contributed by atoms with Crippen molar-refractivity contribution in [3.05, 3.63) is 30.1 Å². The van der Waals surface area contributed by atoms with Crippen LogP contribution in [0.5, 0.6) is 10.9 Å². The number of phenolic OH excluding ortho intramolecular Hbond substituents is 1. The monoisotopic (exact) mass is 429 g/mol. The predicted molar refractivity (Wildman–Crippen MR) is 111 cm³/mol. The molecule has 2 heterocycles. The number of ether oxygens (including phenoxy) is 1. The van der Waals surface area contributed by atoms with Crippen LogP contribution in [0.25, 0.3) is 16.3 Å². The molecule has 2 saturated carbocycles. The van der Waals surface area contributed by atoms with Gasteiger partial charge in [-0.15, -0.1) is 5.10 Å². The number of phenols is 1. The molecule has 9 heteroatoms. The highest BCUT2D eigenvalue weighted by Crippen LogP contribution is 2.59. The summed E-state index contributed by atoms with van der Waals surface area (Å²) in [5.41, 5.74) is 1.77. The van der Waals surface area contributed by atoms with E-state index in [-0.39, 0.29) is 16.6 Å². The zero-order valence-electron chi connectivity index (χ0n) is 17.2. The van der Waals surface area contributed by atoms with E-state index >= 15 is 4.39 Å². The van der Waals surface area contributed by atoms with E-state index in [9.17, 15) is 5.11 Å². The van der Waals surface area contributed by atoms with Gasteiger partial charge in [-0.3, -0.25) is 0 Å². The molecule has 1 aromatic carbocycles. The van der Waals surface area contributed by atoms with Gasteiger partial charge in [0.1, 0.15) is 18.0 Å². The summed E-state index contributed by atoms with van der Waals surface area (Å²) >= 11 is 1.21. The van der Waals surface area contributed by atoms with Crippen LogP contribution in [0.3, 0.4) is 0 Å². The van der Waals surface area contributed by atoms with Crippen molar-refractivity contribution in [3.63, 3.8) is 0 Å². The Hall–Kier alpha value is -2.55. The van der Waals surface area contributed by atoms with Crippen molar-refractivity contribution in [2.45, 2.75) is 58.7 Å². The van der Waals surface area contributed by atoms with Gasteiger partial charge in [0.25, 0.3) is 5.19 Å². The second-order valence-corrected chi connectivity index (χ2v) is 10.2. The number of fused-ring (bicyclic) bond motifs is 2. The molecule has 0 unspecified atom stereocenters. The number of halogens is 1. The van der Waals surface area contributed by atoms with Crippen molar-refractivity contribution >= 4 is 11.3 Å². The van der Waals surface area contributed by atoms with Crippen molar-refractivity contribution in [2.75, 3.05) is 0 Å². The van der Waals surface area contributed by atoms with Gasteiger partial charge in [0.15, 0.2) is 5.01 Å². The first-order valence-corrected chi connectivity index (χ1v) is 10.9. The van der Waals surface area contributed by atoms with Crippen molar-refractivity contribution < 1.29 is 14.2 Å². The minimum Gasteiger partial charge on any atom is -0.507 e. The third-order valence-electron chi connectivity index (χ3n) is 6.52. The predicted octanol–water partition coefficient (Wildman–Crippen LogP) is 4.49. The standard InChI is InChI=1S/C21H24FN5O2S/c1-12-10-23-27(26-12)13-4-5-14(15(28)8-13)18-24-25-19(30-18)29-16-9-20(2)6-7-21(3,11-20)17(16)22/h4-5,8,10,16-17,28H,6-7,9,11H2,1-3H3/t16-,17+,20-,21-/m0/s1. The minimum atomic E-state index is -1.02. The molecule has 2 aliphatic carbocycles. The lowest BCUT2D eigenvalue weighted by atomic mass is 9.68. The number of aromatic nitrogens is 5. The first-order chi connectivity index (χ1) is 14.2. The molecule has 5 rings (SSSR count). The van der Waals surface area contributed by atoms with Gasteiger partial charge in [-0.1, -0.05) is 30.3 Å². The second-order valence-electron chi connectivity index (χ2n) is 9.25. The molecular formula is C21H24FN5O2S. The van der Waals surface area contributed by atoms with E-state index in [1.807, 2.05) is 13.8 Å². The smallest absolute Gasteiger partial charge is 0.294 e. The molecule has 158 valence electrons. The van der Waals surface area contributed by atoms with Gasteiger partial charge < -0.3 is 9.84 Å². The Morgan fingerprint density at radius 2 is 2.10 bits per heavy atom. The number of alkyl halides is 1. The Morgan fingerprint density at radius 3 is 2.83 bits per heavy atom. The van der Waals surface area contributed by atoms with E-state index in [1.54, 1.807) is 24.4 Å². The van der Waals surface area contributed by atoms with Gasteiger partial charge in [0, 0.05) is 11.5 Å². The lowest BCUT2D eigenvalue weighted by molar-refractivity contribution is -0.0415. The maximum absolute atomic E-state index is 15.2. The first-order valence-electron chi connectivity index (χ1n) is 10.1. The quantitative estimate of drug-likeness (QED) is 0.658. The topological polar surface area (TPSA) is 86.0 Å². The van der Waals surface area contributed by atoms with Crippen molar-refractivity contribution in [1.82, 2.24) is 25.2 Å². The fraction of sp³-hybridized carbons (Fsp3) is 0.524. The van der Waals surface area contributed by atoms with Crippen molar-refractivity contribution in [3.8, 4) is 27.2 Å². The van der Waals surface area contributed by atoms with Crippen LogP contribution in [0.4, 0.5) is 4.39 Å². The third-order valence-corrected chi connectivity index (χ3v) is 7.37. The van der Waals surface area contributed by atoms with Crippen LogP contribution < -0.4 is 4.74 Å². The van der Waals surface area contributed by atoms with Gasteiger partial charge in [0.2, 0.25) is 0 Å². The van der Waals surface area contributed by atoms with Crippen molar-refractivity contribution in [2.24, 2.45) is 10.8 Å². The molecule has 4 atom stereocenters. The molecule has 7 nitrogen and oxygen atoms in total. The van der Waals surface area contributed by atoms with E-state index in [1.165, 1.54) is 16.1 Å². The molecular weight excluding hydrogens is 405 g/mol. The van der Waals surface area contributed by atoms with Crippen LogP contribution in [-0.2, 0) is 0 Å². The van der Waals surface area contributed by atoms with Gasteiger partial charge in [-0.25, -0.2) is 4.39 Å². The first kappa shape index (κ1) is 19.4. The van der Waals surface area contributed by atoms with E-state index in [4.69, 9.17) is 4.74 Å². The number of aromatic hydroxyl groups is 1. The summed E-state index contributed by atoms with van der Waals surface area (Å²) in [6.45, 7) is 6.10. The molecule has 0 spiro atoms. The zero-order valence-corrected chi connectivity index (χ0v) is 18.0. The Bertz CT molecular complexity index is 1100. The molecule has 3 aromatic rings. The third kappa shape index (κ3) is 3.25. The average molecular weight is 430 g/mol. The maximum atomic E-state index is 15.2. The number of rotatable bonds is 4. The van der Waals surface area contributed by atoms with Crippen molar-refractivity contribution in [1.29, 1.82) is 0 Å². The summed E-state index contributed by atoms with van der Waals surface area (Å²) in [5.74, 6) is 0.0456. The molecule has 0 aliphatic heterocycles. The van der Waals surface area contributed by atoms with Crippen LogP contribution in [0.2, 0.25) is 0 Å². The van der Waals surface area contributed by atoms with E-state index in [0.29, 0.717) is 27.9 Å². The Morgan fingerprint density at radius 1 is 1.27 bits per heavy atom. The highest BCUT2D eigenvalue weighted by molar-refractivity contribution is 7.16. The fourth-order valence-electron chi connectivity index (χ4n) is 5.07. The lowest BCUT2D eigenvalue weighted by Gasteiger charge is -2.42. The Kier molecular flexibility index (Phi) is 4.36. The van der Waals surface area contributed by atoms with Crippen LogP contribution in [-0.4, -0.2) is 42.6 Å². The largest absolute Gasteiger partial charge is 0.507 e. The van der Waals surface area contributed by atoms with E-state index in [0.717, 1.165) is 25.0 Å². The number of benzene rings is 1. The molecule has 2 aliphatic rings. The summed E-state index contributed by atoms with van der Waals surface area (Å²) in [6.07, 6.45) is 3.66. The van der Waals surface area contributed by atoms with Crippen LogP contribution >= 0.6 is 11.3 Å². The van der Waals surface area contributed by atoms with Gasteiger partial charge >= 0.3 is 0 Å². The normalized spacial score (nSPS) is 30.5. The summed E-state index contributed by atoms with van der Waals surface area (Å²) in [7, 11) is 0. The molecule has 0 radical (unpaired) electrons. The molecule has 2 aromatic heterocycles. The van der Waals surface area contributed by atoms with E-state index in [2.05, 4.69) is 27.3 Å². The Labute approximate surface area is 177 Å². The summed E-state index contributed by atoms with van der Waals surface area (Å²) < 4.78 is 21.1. The van der Waals surface area contributed by atoms with Crippen LogP contribution in [0.1, 0.15) is 45.2 Å². The highest BCUT2D eigenvalue weighted by Gasteiger charge is 2.56.